The molecular weight excluding hydrogens is 331 g/mol. The Morgan fingerprint density at radius 2 is 2.00 bits per heavy atom. The summed E-state index contributed by atoms with van der Waals surface area (Å²) in [6.07, 6.45) is 1.60. The van der Waals surface area contributed by atoms with Crippen LogP contribution in [0.2, 0.25) is 0 Å². The Labute approximate surface area is 136 Å². The number of hydrogen-bond acceptors (Lipinski definition) is 4. The zero-order chi connectivity index (χ0) is 15.5. The minimum atomic E-state index is -3.53. The first kappa shape index (κ1) is 18.9. The zero-order valence-electron chi connectivity index (χ0n) is 12.3. The van der Waals surface area contributed by atoms with Crippen LogP contribution in [0.4, 0.5) is 4.39 Å². The van der Waals surface area contributed by atoms with Crippen LogP contribution in [-0.4, -0.2) is 38.4 Å². The van der Waals surface area contributed by atoms with Crippen LogP contribution in [-0.2, 0) is 21.2 Å². The third kappa shape index (κ3) is 3.97. The molecule has 5 nitrogen and oxygen atoms in total. The first-order valence-corrected chi connectivity index (χ1v) is 8.67. The normalized spacial score (nSPS) is 17.4. The van der Waals surface area contributed by atoms with E-state index in [0.717, 1.165) is 6.26 Å². The first-order chi connectivity index (χ1) is 9.85. The number of nitrogens with one attached hydrogen (secondary N) is 2. The molecule has 0 radical (unpaired) electrons. The molecule has 1 saturated heterocycles. The van der Waals surface area contributed by atoms with E-state index in [1.54, 1.807) is 12.1 Å². The average Bonchev–Trinajstić information content (AvgIpc) is 2.44. The molecule has 0 spiro atoms. The Kier molecular flexibility index (Phi) is 6.34. The Hall–Kier alpha value is -1.18. The van der Waals surface area contributed by atoms with Gasteiger partial charge < -0.3 is 10.6 Å². The fraction of sp³-hybridized carbons (Fsp3) is 0.500. The van der Waals surface area contributed by atoms with Crippen LogP contribution in [0, 0.1) is 5.82 Å². The van der Waals surface area contributed by atoms with Gasteiger partial charge in [-0.1, -0.05) is 12.1 Å². The second-order valence-corrected chi connectivity index (χ2v) is 7.65. The van der Waals surface area contributed by atoms with Gasteiger partial charge in [-0.2, -0.15) is 0 Å². The van der Waals surface area contributed by atoms with Crippen molar-refractivity contribution in [3.8, 4) is 0 Å². The lowest BCUT2D eigenvalue weighted by molar-refractivity contribution is -0.124. The van der Waals surface area contributed by atoms with Crippen molar-refractivity contribution in [2.45, 2.75) is 24.1 Å². The molecule has 0 aromatic heterocycles. The highest BCUT2D eigenvalue weighted by atomic mass is 35.5. The number of halogens is 2. The van der Waals surface area contributed by atoms with E-state index < -0.39 is 20.5 Å². The van der Waals surface area contributed by atoms with Crippen molar-refractivity contribution < 1.29 is 17.6 Å². The van der Waals surface area contributed by atoms with Gasteiger partial charge in [0, 0.05) is 12.8 Å². The highest BCUT2D eigenvalue weighted by Gasteiger charge is 2.48. The smallest absolute Gasteiger partial charge is 0.241 e. The van der Waals surface area contributed by atoms with Crippen molar-refractivity contribution in [3.63, 3.8) is 0 Å². The Balaban J connectivity index is 0.00000242. The molecular formula is C14H20ClFN2O3S. The van der Waals surface area contributed by atoms with Gasteiger partial charge >= 0.3 is 0 Å². The van der Waals surface area contributed by atoms with Crippen LogP contribution < -0.4 is 10.6 Å². The van der Waals surface area contributed by atoms with Crippen LogP contribution >= 0.6 is 12.4 Å². The third-order valence-electron chi connectivity index (χ3n) is 3.88. The lowest BCUT2D eigenvalue weighted by Gasteiger charge is -2.34. The van der Waals surface area contributed by atoms with Crippen molar-refractivity contribution in [1.82, 2.24) is 10.6 Å². The Morgan fingerprint density at radius 3 is 2.55 bits per heavy atom. The number of carbonyl (C=O) groups is 1. The number of amides is 1. The molecule has 22 heavy (non-hydrogen) atoms. The van der Waals surface area contributed by atoms with Crippen molar-refractivity contribution >= 4 is 28.2 Å². The highest BCUT2D eigenvalue weighted by molar-refractivity contribution is 7.92. The first-order valence-electron chi connectivity index (χ1n) is 6.78. The summed E-state index contributed by atoms with van der Waals surface area (Å²) in [6, 6.07) is 5.86. The van der Waals surface area contributed by atoms with Crippen molar-refractivity contribution in [3.05, 3.63) is 35.6 Å². The minimum absolute atomic E-state index is 0. The van der Waals surface area contributed by atoms with Crippen LogP contribution in [0.1, 0.15) is 18.4 Å². The largest absolute Gasteiger partial charge is 0.351 e. The standard InChI is InChI=1S/C14H19FN2O3S.ClH/c1-21(19,20)14(5-7-16-8-6-14)13(18)17-10-11-3-2-4-12(15)9-11;/h2-4,9,16H,5-8,10H2,1H3,(H,17,18);1H. The minimum Gasteiger partial charge on any atom is -0.351 e. The lowest BCUT2D eigenvalue weighted by Crippen LogP contribution is -2.57. The van der Waals surface area contributed by atoms with E-state index in [-0.39, 0.29) is 37.6 Å². The van der Waals surface area contributed by atoms with Gasteiger partial charge in [-0.25, -0.2) is 12.8 Å². The van der Waals surface area contributed by atoms with Gasteiger partial charge in [0.1, 0.15) is 5.82 Å². The summed E-state index contributed by atoms with van der Waals surface area (Å²) < 4.78 is 35.8. The molecule has 1 aromatic carbocycles. The molecule has 1 aliphatic rings. The number of piperidine rings is 1. The number of carbonyl (C=O) groups excluding carboxylic acids is 1. The molecule has 0 unspecified atom stereocenters. The van der Waals surface area contributed by atoms with E-state index in [1.807, 2.05) is 0 Å². The number of rotatable bonds is 4. The van der Waals surface area contributed by atoms with Crippen LogP contribution in [0.15, 0.2) is 24.3 Å². The molecule has 2 rings (SSSR count). The molecule has 1 aliphatic heterocycles. The van der Waals surface area contributed by atoms with Crippen LogP contribution in [0.5, 0.6) is 0 Å². The maximum absolute atomic E-state index is 13.1. The van der Waals surface area contributed by atoms with E-state index in [2.05, 4.69) is 10.6 Å². The van der Waals surface area contributed by atoms with Crippen molar-refractivity contribution in [2.24, 2.45) is 0 Å². The topological polar surface area (TPSA) is 75.3 Å². The van der Waals surface area contributed by atoms with Gasteiger partial charge in [0.05, 0.1) is 0 Å². The molecule has 0 bridgehead atoms. The summed E-state index contributed by atoms with van der Waals surface area (Å²) in [5, 5.41) is 5.68. The van der Waals surface area contributed by atoms with Gasteiger partial charge in [0.25, 0.3) is 0 Å². The molecule has 8 heteroatoms. The van der Waals surface area contributed by atoms with Crippen LogP contribution in [0.25, 0.3) is 0 Å². The monoisotopic (exact) mass is 350 g/mol. The SMILES string of the molecule is CS(=O)(=O)C1(C(=O)NCc2cccc(F)c2)CCNCC1.Cl. The maximum Gasteiger partial charge on any atom is 0.241 e. The summed E-state index contributed by atoms with van der Waals surface area (Å²) in [5.41, 5.74) is 0.598. The average molecular weight is 351 g/mol. The summed E-state index contributed by atoms with van der Waals surface area (Å²) >= 11 is 0. The second-order valence-electron chi connectivity index (χ2n) is 5.33. The quantitative estimate of drug-likeness (QED) is 0.850. The van der Waals surface area contributed by atoms with Crippen molar-refractivity contribution in [2.75, 3.05) is 19.3 Å². The molecule has 2 N–H and O–H groups in total. The molecule has 0 saturated carbocycles. The Bertz CT molecular complexity index is 631. The molecule has 1 amide bonds. The van der Waals surface area contributed by atoms with Gasteiger partial charge in [0.15, 0.2) is 14.6 Å². The van der Waals surface area contributed by atoms with Gasteiger partial charge in [-0.3, -0.25) is 4.79 Å². The zero-order valence-corrected chi connectivity index (χ0v) is 13.9. The van der Waals surface area contributed by atoms with E-state index in [0.29, 0.717) is 18.7 Å². The summed E-state index contributed by atoms with van der Waals surface area (Å²) in [6.45, 7) is 1.09. The number of sulfone groups is 1. The van der Waals surface area contributed by atoms with Crippen molar-refractivity contribution in [1.29, 1.82) is 0 Å². The number of benzene rings is 1. The van der Waals surface area contributed by atoms with Crippen LogP contribution in [0.3, 0.4) is 0 Å². The molecule has 1 aromatic rings. The summed E-state index contributed by atoms with van der Waals surface area (Å²) in [5.74, 6) is -0.891. The molecule has 1 fully saturated rings. The second kappa shape index (κ2) is 7.39. The molecule has 1 heterocycles. The predicted octanol–water partition coefficient (Wildman–Crippen LogP) is 1.03. The number of hydrogen-bond donors (Lipinski definition) is 2. The van der Waals surface area contributed by atoms with Gasteiger partial charge in [-0.05, 0) is 43.6 Å². The van der Waals surface area contributed by atoms with Gasteiger partial charge in [-0.15, -0.1) is 12.4 Å². The third-order valence-corrected chi connectivity index (χ3v) is 5.89. The molecule has 0 aliphatic carbocycles. The fourth-order valence-electron chi connectivity index (χ4n) is 2.59. The Morgan fingerprint density at radius 1 is 1.36 bits per heavy atom. The van der Waals surface area contributed by atoms with E-state index in [9.17, 15) is 17.6 Å². The summed E-state index contributed by atoms with van der Waals surface area (Å²) in [7, 11) is -3.53. The van der Waals surface area contributed by atoms with E-state index in [4.69, 9.17) is 0 Å². The van der Waals surface area contributed by atoms with Gasteiger partial charge in [0.2, 0.25) is 5.91 Å². The summed E-state index contributed by atoms with van der Waals surface area (Å²) in [4.78, 5) is 12.4. The predicted molar refractivity (Wildman–Crippen MR) is 85.2 cm³/mol. The highest BCUT2D eigenvalue weighted by Crippen LogP contribution is 2.28. The molecule has 0 atom stereocenters. The molecule has 124 valence electrons. The van der Waals surface area contributed by atoms with E-state index in [1.165, 1.54) is 12.1 Å². The maximum atomic E-state index is 13.1. The fourth-order valence-corrected chi connectivity index (χ4v) is 3.94. The lowest BCUT2D eigenvalue weighted by atomic mass is 9.95. The van der Waals surface area contributed by atoms with E-state index >= 15 is 0 Å².